The highest BCUT2D eigenvalue weighted by molar-refractivity contribution is 5.78. The number of nitrogens with two attached hydrogens (primary N) is 1. The van der Waals surface area contributed by atoms with Gasteiger partial charge in [-0.3, -0.25) is 4.79 Å². The maximum atomic E-state index is 11.1. The van der Waals surface area contributed by atoms with Crippen molar-refractivity contribution in [2.75, 3.05) is 18.0 Å². The lowest BCUT2D eigenvalue weighted by atomic mass is 10.1. The number of amides is 1. The smallest absolute Gasteiger partial charge is 0.222 e. The number of anilines is 1. The van der Waals surface area contributed by atoms with E-state index in [2.05, 4.69) is 4.90 Å². The second-order valence-electron chi connectivity index (χ2n) is 4.26. The first kappa shape index (κ1) is 10.8. The largest absolute Gasteiger partial charge is 0.508 e. The summed E-state index contributed by atoms with van der Waals surface area (Å²) < 4.78 is 0. The number of hydrogen-bond donors (Lipinski definition) is 2. The molecule has 3 N–H and O–H groups in total. The second kappa shape index (κ2) is 4.04. The van der Waals surface area contributed by atoms with Gasteiger partial charge in [0.15, 0.2) is 0 Å². The third kappa shape index (κ3) is 1.83. The molecule has 0 bridgehead atoms. The fourth-order valence-corrected chi connectivity index (χ4v) is 2.17. The normalized spacial score (nSPS) is 20.1. The quantitative estimate of drug-likeness (QED) is 0.781. The molecule has 1 unspecified atom stereocenters. The summed E-state index contributed by atoms with van der Waals surface area (Å²) in [5.41, 5.74) is 7.13. The number of benzene rings is 1. The summed E-state index contributed by atoms with van der Waals surface area (Å²) in [6.45, 7) is 3.35. The average Bonchev–Trinajstić information content (AvgIpc) is 2.71. The number of phenolic OH excluding ortho intramolecular Hbond substituents is 1. The summed E-state index contributed by atoms with van der Waals surface area (Å²) in [6.07, 6.45) is 0.796. The summed E-state index contributed by atoms with van der Waals surface area (Å²) in [5.74, 6) is -0.0120. The van der Waals surface area contributed by atoms with E-state index in [1.807, 2.05) is 19.1 Å². The van der Waals surface area contributed by atoms with E-state index in [-0.39, 0.29) is 11.8 Å². The fraction of sp³-hybridized carbons (Fsp3) is 0.417. The highest BCUT2D eigenvalue weighted by Crippen LogP contribution is 2.31. The molecule has 1 heterocycles. The summed E-state index contributed by atoms with van der Waals surface area (Å²) in [4.78, 5) is 13.2. The minimum Gasteiger partial charge on any atom is -0.508 e. The molecule has 2 rings (SSSR count). The van der Waals surface area contributed by atoms with E-state index < -0.39 is 0 Å². The van der Waals surface area contributed by atoms with Gasteiger partial charge >= 0.3 is 0 Å². The molecule has 1 aliphatic heterocycles. The Labute approximate surface area is 94.7 Å². The van der Waals surface area contributed by atoms with Crippen molar-refractivity contribution in [3.05, 3.63) is 23.8 Å². The number of nitrogens with zero attached hydrogens (tertiary/aromatic N) is 1. The van der Waals surface area contributed by atoms with Crippen LogP contribution in [0.5, 0.6) is 5.75 Å². The fourth-order valence-electron chi connectivity index (χ4n) is 2.17. The minimum atomic E-state index is -0.236. The van der Waals surface area contributed by atoms with E-state index in [1.54, 1.807) is 6.07 Å². The third-order valence-corrected chi connectivity index (χ3v) is 3.21. The van der Waals surface area contributed by atoms with Gasteiger partial charge in [0.1, 0.15) is 5.75 Å². The zero-order valence-corrected chi connectivity index (χ0v) is 9.31. The van der Waals surface area contributed by atoms with Gasteiger partial charge in [0.05, 0.1) is 5.92 Å². The third-order valence-electron chi connectivity index (χ3n) is 3.21. The molecule has 1 atom stereocenters. The van der Waals surface area contributed by atoms with E-state index in [0.717, 1.165) is 24.2 Å². The van der Waals surface area contributed by atoms with Gasteiger partial charge in [-0.05, 0) is 25.5 Å². The van der Waals surface area contributed by atoms with Crippen molar-refractivity contribution in [2.24, 2.45) is 11.7 Å². The number of aromatic hydroxyl groups is 1. The molecule has 0 radical (unpaired) electrons. The van der Waals surface area contributed by atoms with Crippen molar-refractivity contribution in [1.29, 1.82) is 0 Å². The Kier molecular flexibility index (Phi) is 2.73. The molecule has 1 amide bonds. The van der Waals surface area contributed by atoms with E-state index in [9.17, 15) is 9.90 Å². The van der Waals surface area contributed by atoms with Crippen LogP contribution in [0.15, 0.2) is 18.2 Å². The van der Waals surface area contributed by atoms with Gasteiger partial charge in [-0.15, -0.1) is 0 Å². The summed E-state index contributed by atoms with van der Waals surface area (Å²) >= 11 is 0. The zero-order valence-electron chi connectivity index (χ0n) is 9.31. The van der Waals surface area contributed by atoms with Crippen molar-refractivity contribution in [3.63, 3.8) is 0 Å². The maximum Gasteiger partial charge on any atom is 0.222 e. The molecule has 0 aliphatic carbocycles. The van der Waals surface area contributed by atoms with Crippen LogP contribution in [0, 0.1) is 12.8 Å². The van der Waals surface area contributed by atoms with Gasteiger partial charge in [0, 0.05) is 24.3 Å². The molecule has 0 aromatic heterocycles. The predicted molar refractivity (Wildman–Crippen MR) is 62.4 cm³/mol. The Hall–Kier alpha value is -1.71. The first-order valence-corrected chi connectivity index (χ1v) is 5.42. The number of hydrogen-bond acceptors (Lipinski definition) is 3. The topological polar surface area (TPSA) is 66.6 Å². The van der Waals surface area contributed by atoms with Gasteiger partial charge in [-0.2, -0.15) is 0 Å². The van der Waals surface area contributed by atoms with Crippen LogP contribution in [0.25, 0.3) is 0 Å². The van der Waals surface area contributed by atoms with E-state index in [0.29, 0.717) is 12.3 Å². The van der Waals surface area contributed by atoms with Gasteiger partial charge in [-0.25, -0.2) is 0 Å². The monoisotopic (exact) mass is 220 g/mol. The zero-order chi connectivity index (χ0) is 11.7. The SMILES string of the molecule is Cc1c(O)cccc1N1CCC(C(N)=O)C1. The van der Waals surface area contributed by atoms with Crippen molar-refractivity contribution < 1.29 is 9.90 Å². The lowest BCUT2D eigenvalue weighted by Crippen LogP contribution is -2.27. The van der Waals surface area contributed by atoms with Crippen LogP contribution in [0.3, 0.4) is 0 Å². The molecule has 0 saturated carbocycles. The second-order valence-corrected chi connectivity index (χ2v) is 4.26. The number of carbonyl (C=O) groups is 1. The molecule has 1 aromatic carbocycles. The molecule has 0 spiro atoms. The van der Waals surface area contributed by atoms with E-state index in [1.165, 1.54) is 0 Å². The van der Waals surface area contributed by atoms with Crippen molar-refractivity contribution in [1.82, 2.24) is 0 Å². The van der Waals surface area contributed by atoms with Crippen molar-refractivity contribution in [2.45, 2.75) is 13.3 Å². The number of carbonyl (C=O) groups excluding carboxylic acids is 1. The molecule has 86 valence electrons. The van der Waals surface area contributed by atoms with Crippen LogP contribution in [0.4, 0.5) is 5.69 Å². The number of phenols is 1. The molecule has 16 heavy (non-hydrogen) atoms. The van der Waals surface area contributed by atoms with Crippen LogP contribution >= 0.6 is 0 Å². The molecule has 1 saturated heterocycles. The Morgan fingerprint density at radius 1 is 1.56 bits per heavy atom. The van der Waals surface area contributed by atoms with E-state index >= 15 is 0 Å². The van der Waals surface area contributed by atoms with Gasteiger partial charge < -0.3 is 15.7 Å². The first-order valence-electron chi connectivity index (χ1n) is 5.42. The number of primary amides is 1. The van der Waals surface area contributed by atoms with Crippen LogP contribution in [0.1, 0.15) is 12.0 Å². The first-order chi connectivity index (χ1) is 7.59. The van der Waals surface area contributed by atoms with Crippen LogP contribution in [-0.2, 0) is 4.79 Å². The van der Waals surface area contributed by atoms with Crippen molar-refractivity contribution >= 4 is 11.6 Å². The Balaban J connectivity index is 2.21. The highest BCUT2D eigenvalue weighted by atomic mass is 16.3. The van der Waals surface area contributed by atoms with Gasteiger partial charge in [0.25, 0.3) is 0 Å². The molecule has 1 aliphatic rings. The minimum absolute atomic E-state index is 0.0678. The summed E-state index contributed by atoms with van der Waals surface area (Å²) in [7, 11) is 0. The van der Waals surface area contributed by atoms with Crippen LogP contribution < -0.4 is 10.6 Å². The molecule has 4 nitrogen and oxygen atoms in total. The lowest BCUT2D eigenvalue weighted by Gasteiger charge is -2.20. The molecule has 4 heteroatoms. The summed E-state index contributed by atoms with van der Waals surface area (Å²) in [6, 6.07) is 5.44. The number of rotatable bonds is 2. The van der Waals surface area contributed by atoms with E-state index in [4.69, 9.17) is 5.73 Å². The average molecular weight is 220 g/mol. The highest BCUT2D eigenvalue weighted by Gasteiger charge is 2.27. The van der Waals surface area contributed by atoms with Gasteiger partial charge in [0.2, 0.25) is 5.91 Å². The summed E-state index contributed by atoms with van der Waals surface area (Å²) in [5, 5.41) is 9.62. The molecule has 1 fully saturated rings. The van der Waals surface area contributed by atoms with Crippen molar-refractivity contribution in [3.8, 4) is 5.75 Å². The van der Waals surface area contributed by atoms with Crippen LogP contribution in [0.2, 0.25) is 0 Å². The van der Waals surface area contributed by atoms with Crippen LogP contribution in [-0.4, -0.2) is 24.1 Å². The molecular formula is C12H16N2O2. The maximum absolute atomic E-state index is 11.1. The van der Waals surface area contributed by atoms with Gasteiger partial charge in [-0.1, -0.05) is 6.07 Å². The standard InChI is InChI=1S/C12H16N2O2/c1-8-10(3-2-4-11(8)15)14-6-5-9(7-14)12(13)16/h2-4,9,15H,5-7H2,1H3,(H2,13,16). The Morgan fingerprint density at radius 2 is 2.31 bits per heavy atom. The predicted octanol–water partition coefficient (Wildman–Crippen LogP) is 1.01. The molecule has 1 aromatic rings. The Morgan fingerprint density at radius 3 is 2.94 bits per heavy atom. The lowest BCUT2D eigenvalue weighted by molar-refractivity contribution is -0.121. The Bertz CT molecular complexity index is 417. The molecular weight excluding hydrogens is 204 g/mol.